The molecule has 23 heavy (non-hydrogen) atoms. The van der Waals surface area contributed by atoms with Gasteiger partial charge in [0, 0.05) is 6.20 Å². The summed E-state index contributed by atoms with van der Waals surface area (Å²) >= 11 is 0. The number of rotatable bonds is 4. The lowest BCUT2D eigenvalue weighted by Gasteiger charge is -2.23. The van der Waals surface area contributed by atoms with Crippen LogP contribution in [0.3, 0.4) is 0 Å². The topological polar surface area (TPSA) is 67.2 Å². The minimum Gasteiger partial charge on any atom is -0.486 e. The number of pyridine rings is 1. The molecule has 116 valence electrons. The quantitative estimate of drug-likeness (QED) is 0.939. The van der Waals surface area contributed by atoms with Gasteiger partial charge in [-0.2, -0.15) is 5.26 Å². The molecule has 1 aliphatic heterocycles. The van der Waals surface area contributed by atoms with Crippen LogP contribution in [0.2, 0.25) is 0 Å². The van der Waals surface area contributed by atoms with Gasteiger partial charge in [-0.25, -0.2) is 4.98 Å². The number of hydrogen-bond donors (Lipinski definition) is 1. The highest BCUT2D eigenvalue weighted by molar-refractivity contribution is 5.48. The van der Waals surface area contributed by atoms with Crippen LogP contribution >= 0.6 is 0 Å². The average molecular weight is 307 g/mol. The summed E-state index contributed by atoms with van der Waals surface area (Å²) in [5, 5.41) is 12.4. The highest BCUT2D eigenvalue weighted by atomic mass is 16.6. The van der Waals surface area contributed by atoms with Crippen molar-refractivity contribution < 1.29 is 9.47 Å². The summed E-state index contributed by atoms with van der Waals surface area (Å²) in [6, 6.07) is 12.1. The average Bonchev–Trinajstić information content (AvgIpc) is 3.45. The molecule has 4 rings (SSSR count). The molecule has 1 atom stereocenters. The van der Waals surface area contributed by atoms with Crippen LogP contribution in [0.15, 0.2) is 36.5 Å². The standard InChI is InChI=1S/C18H17N3O2/c19-10-12-1-6-17(20-11-12)21-18(13-2-3-13)14-4-5-15-16(9-14)23-8-7-22-15/h1,4-6,9,11,13,18H,2-3,7-8H2,(H,20,21)/t18-/m1/s1. The number of nitrogens with one attached hydrogen (secondary N) is 1. The van der Waals surface area contributed by atoms with Gasteiger partial charge in [-0.15, -0.1) is 0 Å². The number of benzene rings is 1. The number of nitriles is 1. The number of anilines is 1. The van der Waals surface area contributed by atoms with Gasteiger partial charge in [-0.05, 0) is 48.6 Å². The normalized spacial score (nSPS) is 17.2. The smallest absolute Gasteiger partial charge is 0.161 e. The molecule has 1 aromatic heterocycles. The fourth-order valence-corrected chi connectivity index (χ4v) is 2.86. The molecule has 1 fully saturated rings. The van der Waals surface area contributed by atoms with Crippen molar-refractivity contribution in [2.75, 3.05) is 18.5 Å². The van der Waals surface area contributed by atoms with Crippen LogP contribution in [-0.4, -0.2) is 18.2 Å². The minimum atomic E-state index is 0.200. The van der Waals surface area contributed by atoms with E-state index in [4.69, 9.17) is 14.7 Å². The van der Waals surface area contributed by atoms with Crippen LogP contribution in [0.25, 0.3) is 0 Å². The molecule has 1 N–H and O–H groups in total. The lowest BCUT2D eigenvalue weighted by atomic mass is 10.0. The number of ether oxygens (including phenoxy) is 2. The van der Waals surface area contributed by atoms with E-state index in [0.717, 1.165) is 17.3 Å². The fourth-order valence-electron chi connectivity index (χ4n) is 2.86. The summed E-state index contributed by atoms with van der Waals surface area (Å²) in [6.45, 7) is 1.20. The van der Waals surface area contributed by atoms with Crippen molar-refractivity contribution >= 4 is 5.82 Å². The Morgan fingerprint density at radius 1 is 1.13 bits per heavy atom. The van der Waals surface area contributed by atoms with Gasteiger partial charge in [-0.3, -0.25) is 0 Å². The molecule has 0 saturated heterocycles. The largest absolute Gasteiger partial charge is 0.486 e. The minimum absolute atomic E-state index is 0.200. The van der Waals surface area contributed by atoms with E-state index in [9.17, 15) is 0 Å². The van der Waals surface area contributed by atoms with E-state index in [1.54, 1.807) is 12.3 Å². The molecule has 0 amide bonds. The molecule has 2 aromatic rings. The van der Waals surface area contributed by atoms with Gasteiger partial charge in [0.1, 0.15) is 25.1 Å². The van der Waals surface area contributed by atoms with Gasteiger partial charge < -0.3 is 14.8 Å². The van der Waals surface area contributed by atoms with E-state index >= 15 is 0 Å². The molecule has 1 saturated carbocycles. The summed E-state index contributed by atoms with van der Waals surface area (Å²) in [6.07, 6.45) is 4.01. The zero-order valence-electron chi connectivity index (χ0n) is 12.7. The van der Waals surface area contributed by atoms with Crippen molar-refractivity contribution in [3.05, 3.63) is 47.7 Å². The molecule has 1 aliphatic carbocycles. The fraction of sp³-hybridized carbons (Fsp3) is 0.333. The Bertz CT molecular complexity index is 748. The highest BCUT2D eigenvalue weighted by Crippen LogP contribution is 2.44. The Hall–Kier alpha value is -2.74. The zero-order chi connectivity index (χ0) is 15.6. The van der Waals surface area contributed by atoms with Crippen molar-refractivity contribution in [2.24, 2.45) is 5.92 Å². The first-order valence-corrected chi connectivity index (χ1v) is 7.86. The van der Waals surface area contributed by atoms with Crippen LogP contribution in [0.5, 0.6) is 11.5 Å². The van der Waals surface area contributed by atoms with Crippen molar-refractivity contribution in [3.8, 4) is 17.6 Å². The van der Waals surface area contributed by atoms with Gasteiger partial charge in [0.25, 0.3) is 0 Å². The van der Waals surface area contributed by atoms with Crippen LogP contribution in [0.1, 0.15) is 30.0 Å². The monoisotopic (exact) mass is 307 g/mol. The van der Waals surface area contributed by atoms with Crippen LogP contribution < -0.4 is 14.8 Å². The Kier molecular flexibility index (Phi) is 3.51. The predicted molar refractivity (Wildman–Crippen MR) is 85.5 cm³/mol. The molecular formula is C18H17N3O2. The summed E-state index contributed by atoms with van der Waals surface area (Å²) in [4.78, 5) is 4.32. The number of hydrogen-bond acceptors (Lipinski definition) is 5. The second-order valence-corrected chi connectivity index (χ2v) is 5.91. The number of aromatic nitrogens is 1. The lowest BCUT2D eigenvalue weighted by Crippen LogP contribution is -2.17. The SMILES string of the molecule is N#Cc1ccc(N[C@@H](c2ccc3c(c2)OCCO3)C2CC2)nc1. The van der Waals surface area contributed by atoms with Crippen LogP contribution in [0, 0.1) is 17.2 Å². The van der Waals surface area contributed by atoms with Gasteiger partial charge in [0.05, 0.1) is 11.6 Å². The Morgan fingerprint density at radius 3 is 2.65 bits per heavy atom. The van der Waals surface area contributed by atoms with E-state index in [-0.39, 0.29) is 6.04 Å². The molecule has 5 nitrogen and oxygen atoms in total. The van der Waals surface area contributed by atoms with Crippen molar-refractivity contribution in [1.82, 2.24) is 4.98 Å². The molecule has 0 spiro atoms. The third-order valence-corrected chi connectivity index (χ3v) is 4.21. The molecule has 0 unspecified atom stereocenters. The maximum atomic E-state index is 8.86. The first-order valence-electron chi connectivity index (χ1n) is 7.86. The summed E-state index contributed by atoms with van der Waals surface area (Å²) < 4.78 is 11.3. The molecule has 0 radical (unpaired) electrons. The van der Waals surface area contributed by atoms with Gasteiger partial charge in [-0.1, -0.05) is 6.07 Å². The third-order valence-electron chi connectivity index (χ3n) is 4.21. The number of nitrogens with zero attached hydrogens (tertiary/aromatic N) is 2. The zero-order valence-corrected chi connectivity index (χ0v) is 12.7. The van der Waals surface area contributed by atoms with Gasteiger partial charge in [0.2, 0.25) is 0 Å². The first kappa shape index (κ1) is 13.9. The third kappa shape index (κ3) is 2.93. The number of fused-ring (bicyclic) bond motifs is 1. The second-order valence-electron chi connectivity index (χ2n) is 5.91. The second kappa shape index (κ2) is 5.81. The lowest BCUT2D eigenvalue weighted by molar-refractivity contribution is 0.171. The first-order chi connectivity index (χ1) is 11.3. The Balaban J connectivity index is 1.59. The Labute approximate surface area is 134 Å². The van der Waals surface area contributed by atoms with E-state index in [1.165, 1.54) is 18.4 Å². The van der Waals surface area contributed by atoms with E-state index < -0.39 is 0 Å². The predicted octanol–water partition coefficient (Wildman–Crippen LogP) is 3.29. The maximum Gasteiger partial charge on any atom is 0.161 e. The summed E-state index contributed by atoms with van der Waals surface area (Å²) in [5.74, 6) is 3.02. The molecular weight excluding hydrogens is 290 g/mol. The van der Waals surface area contributed by atoms with Crippen LogP contribution in [0.4, 0.5) is 5.82 Å². The summed E-state index contributed by atoms with van der Waals surface area (Å²) in [7, 11) is 0. The highest BCUT2D eigenvalue weighted by Gasteiger charge is 2.33. The van der Waals surface area contributed by atoms with E-state index in [1.807, 2.05) is 12.1 Å². The van der Waals surface area contributed by atoms with Crippen molar-refractivity contribution in [1.29, 1.82) is 5.26 Å². The molecule has 0 bridgehead atoms. The maximum absolute atomic E-state index is 8.86. The molecule has 1 aromatic carbocycles. The molecule has 2 aliphatic rings. The summed E-state index contributed by atoms with van der Waals surface area (Å²) in [5.41, 5.74) is 1.75. The van der Waals surface area contributed by atoms with Crippen molar-refractivity contribution in [2.45, 2.75) is 18.9 Å². The van der Waals surface area contributed by atoms with Gasteiger partial charge in [0.15, 0.2) is 11.5 Å². The molecule has 2 heterocycles. The van der Waals surface area contributed by atoms with Crippen molar-refractivity contribution in [3.63, 3.8) is 0 Å². The van der Waals surface area contributed by atoms with Gasteiger partial charge >= 0.3 is 0 Å². The van der Waals surface area contributed by atoms with E-state index in [0.29, 0.717) is 24.7 Å². The Morgan fingerprint density at radius 2 is 1.96 bits per heavy atom. The molecule has 5 heteroatoms. The van der Waals surface area contributed by atoms with Crippen LogP contribution in [-0.2, 0) is 0 Å². The van der Waals surface area contributed by atoms with E-state index in [2.05, 4.69) is 28.5 Å².